The molecule has 10 heteroatoms. The number of halogens is 2. The highest BCUT2D eigenvalue weighted by atomic mass is 35.5. The van der Waals surface area contributed by atoms with Crippen molar-refractivity contribution in [2.45, 2.75) is 32.1 Å². The van der Waals surface area contributed by atoms with Gasteiger partial charge in [-0.1, -0.05) is 53.5 Å². The Kier molecular flexibility index (Phi) is 7.31. The topological polar surface area (TPSA) is 85.3 Å². The summed E-state index contributed by atoms with van der Waals surface area (Å²) in [5, 5.41) is 15.2. The van der Waals surface area contributed by atoms with Gasteiger partial charge in [-0.25, -0.2) is 9.59 Å². The van der Waals surface area contributed by atoms with Gasteiger partial charge in [0.2, 0.25) is 0 Å². The molecule has 0 aromatic heterocycles. The molecule has 1 saturated heterocycles. The number of amides is 4. The first kappa shape index (κ1) is 25.6. The second kappa shape index (κ2) is 10.3. The predicted molar refractivity (Wildman–Crippen MR) is 140 cm³/mol. The summed E-state index contributed by atoms with van der Waals surface area (Å²) < 4.78 is 5.47. The lowest BCUT2D eigenvalue weighted by atomic mass is 9.99. The number of methoxy groups -OCH3 is 1. The molecule has 188 valence electrons. The van der Waals surface area contributed by atoms with Crippen molar-refractivity contribution in [2.75, 3.05) is 17.3 Å². The average molecular weight is 529 g/mol. The smallest absolute Gasteiger partial charge is 0.347 e. The monoisotopic (exact) mass is 528 g/mol. The summed E-state index contributed by atoms with van der Waals surface area (Å²) in [6.07, 6.45) is -1.10. The van der Waals surface area contributed by atoms with E-state index in [0.717, 1.165) is 5.56 Å². The molecule has 3 aromatic carbocycles. The van der Waals surface area contributed by atoms with Gasteiger partial charge >= 0.3 is 12.1 Å². The quantitative estimate of drug-likeness (QED) is 0.283. The molecule has 2 N–H and O–H groups in total. The van der Waals surface area contributed by atoms with Crippen molar-refractivity contribution in [3.05, 3.63) is 88.4 Å². The molecule has 1 atom stereocenters. The fourth-order valence-electron chi connectivity index (χ4n) is 4.36. The molecule has 1 fully saturated rings. The summed E-state index contributed by atoms with van der Waals surface area (Å²) >= 11 is 12.3. The highest BCUT2D eigenvalue weighted by Gasteiger charge is 2.56. The fraction of sp³-hybridized carbons (Fsp3) is 0.231. The van der Waals surface area contributed by atoms with Crippen molar-refractivity contribution in [3.8, 4) is 5.75 Å². The maximum Gasteiger partial charge on any atom is 0.347 e. The van der Waals surface area contributed by atoms with Crippen LogP contribution in [0.4, 0.5) is 21.0 Å². The van der Waals surface area contributed by atoms with Crippen LogP contribution in [0.15, 0.2) is 72.8 Å². The number of hydrogen-bond donors (Lipinski definition) is 2. The zero-order valence-electron chi connectivity index (χ0n) is 20.0. The summed E-state index contributed by atoms with van der Waals surface area (Å²) in [5.74, 6) is 0.624. The van der Waals surface area contributed by atoms with Crippen LogP contribution < -0.4 is 15.0 Å². The molecule has 4 rings (SSSR count). The first-order valence-electron chi connectivity index (χ1n) is 11.2. The molecular formula is C26H26Cl2N4O4. The van der Waals surface area contributed by atoms with E-state index in [4.69, 9.17) is 27.9 Å². The number of nitrogens with one attached hydrogen (secondary N) is 1. The van der Waals surface area contributed by atoms with Crippen LogP contribution in [-0.2, 0) is 6.54 Å². The highest BCUT2D eigenvalue weighted by Crippen LogP contribution is 2.40. The maximum absolute atomic E-state index is 13.9. The van der Waals surface area contributed by atoms with Crippen LogP contribution in [0.1, 0.15) is 19.4 Å². The molecule has 0 aliphatic carbocycles. The molecule has 0 saturated carbocycles. The number of carbonyl (C=O) groups excluding carboxylic acids is 2. The number of hydroxylamine groups is 2. The van der Waals surface area contributed by atoms with Crippen molar-refractivity contribution in [1.82, 2.24) is 9.96 Å². The predicted octanol–water partition coefficient (Wildman–Crippen LogP) is 6.47. The van der Waals surface area contributed by atoms with E-state index < -0.39 is 23.8 Å². The SMILES string of the molecule is COc1ccccc1CN1C(=O)N(c2cccc(Cl)c2)[C@@H](N(O)C(=O)Nc2cccc(Cl)c2)C1(C)C. The van der Waals surface area contributed by atoms with Gasteiger partial charge in [-0.2, -0.15) is 5.06 Å². The summed E-state index contributed by atoms with van der Waals surface area (Å²) in [6, 6.07) is 19.4. The normalized spacial score (nSPS) is 16.7. The zero-order valence-corrected chi connectivity index (χ0v) is 21.5. The van der Waals surface area contributed by atoms with Crippen molar-refractivity contribution < 1.29 is 19.5 Å². The van der Waals surface area contributed by atoms with E-state index in [0.29, 0.717) is 32.2 Å². The van der Waals surface area contributed by atoms with Crippen molar-refractivity contribution in [1.29, 1.82) is 0 Å². The van der Waals surface area contributed by atoms with Crippen molar-refractivity contribution in [2.24, 2.45) is 0 Å². The molecule has 1 heterocycles. The first-order valence-corrected chi connectivity index (χ1v) is 11.9. The number of nitrogens with zero attached hydrogens (tertiary/aromatic N) is 3. The molecule has 36 heavy (non-hydrogen) atoms. The third kappa shape index (κ3) is 4.93. The number of para-hydroxylation sites is 1. The van der Waals surface area contributed by atoms with E-state index in [9.17, 15) is 14.8 Å². The van der Waals surface area contributed by atoms with Crippen LogP contribution in [0, 0.1) is 0 Å². The number of ether oxygens (including phenoxy) is 1. The lowest BCUT2D eigenvalue weighted by Gasteiger charge is -2.38. The molecule has 1 aliphatic heterocycles. The summed E-state index contributed by atoms with van der Waals surface area (Å²) in [5.41, 5.74) is 0.568. The lowest BCUT2D eigenvalue weighted by Crippen LogP contribution is -2.58. The molecule has 3 aromatic rings. The zero-order chi connectivity index (χ0) is 26.0. The standard InChI is InChI=1S/C26H26Cl2N4O4/c1-26(2)23(32(35)24(33)29-20-11-6-9-18(27)14-20)31(21-12-7-10-19(28)15-21)25(34)30(26)16-17-8-4-5-13-22(17)36-3/h4-15,23,35H,16H2,1-3H3,(H,29,33)/t23-/m0/s1. The molecule has 0 bridgehead atoms. The van der Waals surface area contributed by atoms with Gasteiger partial charge in [0.1, 0.15) is 5.75 Å². The molecule has 1 aliphatic rings. The Balaban J connectivity index is 1.73. The first-order chi connectivity index (χ1) is 17.1. The Morgan fingerprint density at radius 3 is 2.39 bits per heavy atom. The highest BCUT2D eigenvalue weighted by molar-refractivity contribution is 6.31. The maximum atomic E-state index is 13.9. The Morgan fingerprint density at radius 1 is 1.06 bits per heavy atom. The van der Waals surface area contributed by atoms with Crippen LogP contribution >= 0.6 is 23.2 Å². The summed E-state index contributed by atoms with van der Waals surface area (Å²) in [7, 11) is 1.56. The number of hydrogen-bond acceptors (Lipinski definition) is 4. The van der Waals surface area contributed by atoms with E-state index >= 15 is 0 Å². The largest absolute Gasteiger partial charge is 0.496 e. The Morgan fingerprint density at radius 2 is 1.72 bits per heavy atom. The lowest BCUT2D eigenvalue weighted by molar-refractivity contribution is -0.0955. The third-order valence-electron chi connectivity index (χ3n) is 6.13. The van der Waals surface area contributed by atoms with Crippen LogP contribution in [0.25, 0.3) is 0 Å². The minimum Gasteiger partial charge on any atom is -0.496 e. The van der Waals surface area contributed by atoms with Gasteiger partial charge in [-0.15, -0.1) is 0 Å². The number of carbonyl (C=O) groups is 2. The van der Waals surface area contributed by atoms with Crippen LogP contribution in [0.2, 0.25) is 10.0 Å². The summed E-state index contributed by atoms with van der Waals surface area (Å²) in [6.45, 7) is 3.75. The molecule has 4 amide bonds. The molecular weight excluding hydrogens is 503 g/mol. The van der Waals surface area contributed by atoms with E-state index in [1.165, 1.54) is 4.90 Å². The minimum absolute atomic E-state index is 0.188. The molecule has 0 radical (unpaired) electrons. The number of urea groups is 2. The number of benzene rings is 3. The van der Waals surface area contributed by atoms with Crippen molar-refractivity contribution in [3.63, 3.8) is 0 Å². The Labute approximate surface area is 219 Å². The second-order valence-corrected chi connectivity index (χ2v) is 9.72. The second-order valence-electron chi connectivity index (χ2n) is 8.84. The molecule has 0 spiro atoms. The van der Waals surface area contributed by atoms with E-state index in [2.05, 4.69) is 5.32 Å². The average Bonchev–Trinajstić information content (AvgIpc) is 3.04. The van der Waals surface area contributed by atoms with Gasteiger partial charge in [0.05, 0.1) is 19.2 Å². The van der Waals surface area contributed by atoms with E-state index in [1.54, 1.807) is 74.4 Å². The number of rotatable bonds is 6. The van der Waals surface area contributed by atoms with E-state index in [1.807, 2.05) is 24.3 Å². The van der Waals surface area contributed by atoms with Gasteiger partial charge in [0.25, 0.3) is 0 Å². The minimum atomic E-state index is -1.10. The Hall–Kier alpha value is -3.46. The van der Waals surface area contributed by atoms with Crippen molar-refractivity contribution >= 4 is 46.6 Å². The van der Waals surface area contributed by atoms with Gasteiger partial charge in [-0.05, 0) is 56.3 Å². The summed E-state index contributed by atoms with van der Waals surface area (Å²) in [4.78, 5) is 29.9. The fourth-order valence-corrected chi connectivity index (χ4v) is 4.73. The molecule has 0 unspecified atom stereocenters. The van der Waals surface area contributed by atoms with Gasteiger partial charge in [0, 0.05) is 27.0 Å². The Bertz CT molecular complexity index is 1290. The van der Waals surface area contributed by atoms with Crippen LogP contribution in [0.3, 0.4) is 0 Å². The number of anilines is 2. The van der Waals surface area contributed by atoms with Crippen LogP contribution in [-0.4, -0.2) is 46.0 Å². The van der Waals surface area contributed by atoms with Gasteiger partial charge in [-0.3, -0.25) is 10.1 Å². The van der Waals surface area contributed by atoms with Gasteiger partial charge < -0.3 is 15.0 Å². The molecule has 8 nitrogen and oxygen atoms in total. The van der Waals surface area contributed by atoms with E-state index in [-0.39, 0.29) is 6.54 Å². The third-order valence-corrected chi connectivity index (χ3v) is 6.60. The van der Waals surface area contributed by atoms with Gasteiger partial charge in [0.15, 0.2) is 6.17 Å². The van der Waals surface area contributed by atoms with Crippen LogP contribution in [0.5, 0.6) is 5.75 Å².